The van der Waals surface area contributed by atoms with Gasteiger partial charge in [-0.05, 0) is 44.0 Å². The second-order valence-electron chi connectivity index (χ2n) is 6.74. The number of amides is 1. The summed E-state index contributed by atoms with van der Waals surface area (Å²) in [4.78, 5) is 14.8. The zero-order valence-corrected chi connectivity index (χ0v) is 15.4. The van der Waals surface area contributed by atoms with Gasteiger partial charge in [0.15, 0.2) is 0 Å². The van der Waals surface area contributed by atoms with Gasteiger partial charge in [-0.2, -0.15) is 4.31 Å². The van der Waals surface area contributed by atoms with Gasteiger partial charge in [-0.3, -0.25) is 4.79 Å². The second kappa shape index (κ2) is 8.29. The maximum absolute atomic E-state index is 12.9. The third-order valence-corrected chi connectivity index (χ3v) is 6.81. The molecule has 25 heavy (non-hydrogen) atoms. The van der Waals surface area contributed by atoms with Crippen molar-refractivity contribution in [2.24, 2.45) is 0 Å². The molecule has 0 unspecified atom stereocenters. The van der Waals surface area contributed by atoms with Gasteiger partial charge < -0.3 is 10.2 Å². The molecule has 0 radical (unpaired) electrons. The summed E-state index contributed by atoms with van der Waals surface area (Å²) in [7, 11) is -3.53. The molecule has 2 saturated heterocycles. The van der Waals surface area contributed by atoms with Gasteiger partial charge in [-0.25, -0.2) is 8.42 Å². The molecule has 1 aromatic carbocycles. The molecule has 2 aliphatic heterocycles. The number of sulfonamides is 1. The minimum atomic E-state index is -3.53. The molecule has 1 amide bonds. The van der Waals surface area contributed by atoms with E-state index in [1.165, 1.54) is 0 Å². The van der Waals surface area contributed by atoms with Crippen LogP contribution in [-0.4, -0.2) is 62.8 Å². The third-order valence-electron chi connectivity index (χ3n) is 4.91. The van der Waals surface area contributed by atoms with Crippen molar-refractivity contribution in [1.82, 2.24) is 14.5 Å². The van der Waals surface area contributed by atoms with Crippen molar-refractivity contribution in [3.63, 3.8) is 0 Å². The standard InChI is InChI=1S/C18H27N3O3S/c22-18(20-11-6-9-19-10-14-20)16-7-5-8-17(15-16)25(23,24)21-12-3-1-2-4-13-21/h5,7-8,15,19H,1-4,6,9-14H2. The molecular formula is C18H27N3O3S. The van der Waals surface area contributed by atoms with E-state index in [4.69, 9.17) is 0 Å². The number of rotatable bonds is 3. The summed E-state index contributed by atoms with van der Waals surface area (Å²) in [6, 6.07) is 6.53. The molecule has 2 fully saturated rings. The largest absolute Gasteiger partial charge is 0.337 e. The SMILES string of the molecule is O=C(c1cccc(S(=O)(=O)N2CCCCCC2)c1)N1CCCNCC1. The maximum Gasteiger partial charge on any atom is 0.253 e. The minimum absolute atomic E-state index is 0.0865. The Kier molecular flexibility index (Phi) is 6.09. The lowest BCUT2D eigenvalue weighted by Gasteiger charge is -2.22. The summed E-state index contributed by atoms with van der Waals surface area (Å²) in [6.45, 7) is 4.18. The fourth-order valence-corrected chi connectivity index (χ4v) is 5.02. The molecule has 138 valence electrons. The molecule has 3 rings (SSSR count). The Hall–Kier alpha value is -1.44. The van der Waals surface area contributed by atoms with Crippen LogP contribution >= 0.6 is 0 Å². The number of benzene rings is 1. The van der Waals surface area contributed by atoms with Gasteiger partial charge in [0, 0.05) is 38.3 Å². The van der Waals surface area contributed by atoms with Gasteiger partial charge in [0.1, 0.15) is 0 Å². The number of carbonyl (C=O) groups excluding carboxylic acids is 1. The first kappa shape index (κ1) is 18.4. The van der Waals surface area contributed by atoms with Gasteiger partial charge >= 0.3 is 0 Å². The van der Waals surface area contributed by atoms with Gasteiger partial charge in [-0.15, -0.1) is 0 Å². The lowest BCUT2D eigenvalue weighted by atomic mass is 10.2. The molecule has 0 spiro atoms. The normalized spacial score (nSPS) is 20.7. The highest BCUT2D eigenvalue weighted by atomic mass is 32.2. The Balaban J connectivity index is 1.81. The van der Waals surface area contributed by atoms with E-state index < -0.39 is 10.0 Å². The summed E-state index contributed by atoms with van der Waals surface area (Å²) >= 11 is 0. The van der Waals surface area contributed by atoms with Crippen molar-refractivity contribution < 1.29 is 13.2 Å². The highest BCUT2D eigenvalue weighted by Gasteiger charge is 2.26. The van der Waals surface area contributed by atoms with Crippen LogP contribution in [0.25, 0.3) is 0 Å². The van der Waals surface area contributed by atoms with Crippen LogP contribution in [0.1, 0.15) is 42.5 Å². The lowest BCUT2D eigenvalue weighted by Crippen LogP contribution is -2.35. The van der Waals surface area contributed by atoms with E-state index in [1.807, 2.05) is 0 Å². The molecule has 2 aliphatic rings. The van der Waals surface area contributed by atoms with Crippen LogP contribution in [0.3, 0.4) is 0 Å². The number of hydrogen-bond acceptors (Lipinski definition) is 4. The maximum atomic E-state index is 12.9. The molecular weight excluding hydrogens is 338 g/mol. The number of carbonyl (C=O) groups is 1. The molecule has 1 N–H and O–H groups in total. The molecule has 0 atom stereocenters. The van der Waals surface area contributed by atoms with E-state index in [9.17, 15) is 13.2 Å². The van der Waals surface area contributed by atoms with Gasteiger partial charge in [0.2, 0.25) is 10.0 Å². The monoisotopic (exact) mass is 365 g/mol. The molecule has 0 aromatic heterocycles. The first-order valence-electron chi connectivity index (χ1n) is 9.19. The Morgan fingerprint density at radius 1 is 0.920 bits per heavy atom. The van der Waals surface area contributed by atoms with Crippen molar-refractivity contribution in [2.45, 2.75) is 37.0 Å². The van der Waals surface area contributed by atoms with Crippen LogP contribution in [0, 0.1) is 0 Å². The van der Waals surface area contributed by atoms with Crippen LogP contribution in [0.5, 0.6) is 0 Å². The van der Waals surface area contributed by atoms with Crippen molar-refractivity contribution >= 4 is 15.9 Å². The van der Waals surface area contributed by atoms with Crippen molar-refractivity contribution in [3.8, 4) is 0 Å². The summed E-state index contributed by atoms with van der Waals surface area (Å²) in [5.41, 5.74) is 0.456. The molecule has 0 aliphatic carbocycles. The van der Waals surface area contributed by atoms with E-state index in [-0.39, 0.29) is 10.8 Å². The molecule has 6 nitrogen and oxygen atoms in total. The topological polar surface area (TPSA) is 69.7 Å². The Morgan fingerprint density at radius 3 is 2.44 bits per heavy atom. The van der Waals surface area contributed by atoms with Crippen LogP contribution < -0.4 is 5.32 Å². The van der Waals surface area contributed by atoms with E-state index >= 15 is 0 Å². The zero-order chi connectivity index (χ0) is 17.7. The lowest BCUT2D eigenvalue weighted by molar-refractivity contribution is 0.0766. The number of hydrogen-bond donors (Lipinski definition) is 1. The Labute approximate surface area is 150 Å². The van der Waals surface area contributed by atoms with Crippen molar-refractivity contribution in [1.29, 1.82) is 0 Å². The van der Waals surface area contributed by atoms with Crippen LogP contribution in [-0.2, 0) is 10.0 Å². The molecule has 0 bridgehead atoms. The van der Waals surface area contributed by atoms with E-state index in [0.29, 0.717) is 31.7 Å². The van der Waals surface area contributed by atoms with E-state index in [2.05, 4.69) is 5.32 Å². The third kappa shape index (κ3) is 4.40. The fraction of sp³-hybridized carbons (Fsp3) is 0.611. The summed E-state index contributed by atoms with van der Waals surface area (Å²) in [5, 5.41) is 3.27. The Bertz CT molecular complexity index is 689. The molecule has 0 saturated carbocycles. The van der Waals surface area contributed by atoms with Gasteiger partial charge in [0.25, 0.3) is 5.91 Å². The van der Waals surface area contributed by atoms with E-state index in [0.717, 1.165) is 45.2 Å². The van der Waals surface area contributed by atoms with Gasteiger partial charge in [0.05, 0.1) is 4.90 Å². The molecule has 7 heteroatoms. The van der Waals surface area contributed by atoms with Crippen molar-refractivity contribution in [2.75, 3.05) is 39.3 Å². The molecule has 1 aromatic rings. The van der Waals surface area contributed by atoms with Crippen LogP contribution in [0.2, 0.25) is 0 Å². The minimum Gasteiger partial charge on any atom is -0.337 e. The zero-order valence-electron chi connectivity index (χ0n) is 14.6. The first-order valence-corrected chi connectivity index (χ1v) is 10.6. The van der Waals surface area contributed by atoms with Gasteiger partial charge in [-0.1, -0.05) is 18.9 Å². The smallest absolute Gasteiger partial charge is 0.253 e. The number of nitrogens with zero attached hydrogens (tertiary/aromatic N) is 2. The van der Waals surface area contributed by atoms with Crippen LogP contribution in [0.4, 0.5) is 0 Å². The summed E-state index contributed by atoms with van der Waals surface area (Å²) < 4.78 is 27.4. The summed E-state index contributed by atoms with van der Waals surface area (Å²) in [5.74, 6) is -0.0865. The number of nitrogens with one attached hydrogen (secondary N) is 1. The van der Waals surface area contributed by atoms with Crippen LogP contribution in [0.15, 0.2) is 29.2 Å². The highest BCUT2D eigenvalue weighted by molar-refractivity contribution is 7.89. The Morgan fingerprint density at radius 2 is 1.68 bits per heavy atom. The van der Waals surface area contributed by atoms with E-state index in [1.54, 1.807) is 33.5 Å². The quantitative estimate of drug-likeness (QED) is 0.885. The second-order valence-corrected chi connectivity index (χ2v) is 8.68. The molecule has 2 heterocycles. The van der Waals surface area contributed by atoms with Crippen molar-refractivity contribution in [3.05, 3.63) is 29.8 Å². The predicted molar refractivity (Wildman–Crippen MR) is 97.1 cm³/mol. The summed E-state index contributed by atoms with van der Waals surface area (Å²) in [6.07, 6.45) is 4.87. The first-order chi connectivity index (χ1) is 12.1. The fourth-order valence-electron chi connectivity index (χ4n) is 3.45. The average molecular weight is 365 g/mol. The average Bonchev–Trinajstić information content (AvgIpc) is 3.06. The highest BCUT2D eigenvalue weighted by Crippen LogP contribution is 2.21. The predicted octanol–water partition coefficient (Wildman–Crippen LogP) is 1.69.